The Hall–Kier alpha value is -2.40. The van der Waals surface area contributed by atoms with Gasteiger partial charge in [-0.2, -0.15) is 0 Å². The van der Waals surface area contributed by atoms with Crippen molar-refractivity contribution in [2.45, 2.75) is 43.3 Å². The lowest BCUT2D eigenvalue weighted by molar-refractivity contribution is 0.0617. The van der Waals surface area contributed by atoms with Gasteiger partial charge in [0.05, 0.1) is 5.54 Å². The van der Waals surface area contributed by atoms with Gasteiger partial charge < -0.3 is 10.2 Å². The van der Waals surface area contributed by atoms with Gasteiger partial charge in [0.1, 0.15) is 0 Å². The van der Waals surface area contributed by atoms with E-state index in [0.29, 0.717) is 6.54 Å². The number of amides is 2. The van der Waals surface area contributed by atoms with Gasteiger partial charge in [-0.05, 0) is 57.0 Å². The molecule has 0 atom stereocenters. The first kappa shape index (κ1) is 18.0. The minimum absolute atomic E-state index is 0.0496. The SMILES string of the molecule is CN(C)[C@]1(c2ccccc2)CC[C@@]2(CC1)CN(Cc1cccnc1)C(=O)N2. The molecule has 1 spiro atoms. The standard InChI is InChI=1S/C22H28N4O/c1-25(2)22(19-8-4-3-5-9-19)12-10-21(11-13-22)17-26(20(27)24-21)16-18-7-6-14-23-15-18/h3-9,14-15H,10-13,16-17H2,1-2H3,(H,24,27)/t21-,22-. The van der Waals surface area contributed by atoms with Crippen LogP contribution < -0.4 is 5.32 Å². The highest BCUT2D eigenvalue weighted by molar-refractivity contribution is 5.78. The van der Waals surface area contributed by atoms with Crippen molar-refractivity contribution >= 4 is 6.03 Å². The number of urea groups is 1. The Morgan fingerprint density at radius 1 is 1.07 bits per heavy atom. The highest BCUT2D eigenvalue weighted by Gasteiger charge is 2.49. The molecule has 27 heavy (non-hydrogen) atoms. The van der Waals surface area contributed by atoms with E-state index in [1.807, 2.05) is 23.2 Å². The number of carbonyl (C=O) groups is 1. The second kappa shape index (κ2) is 6.97. The van der Waals surface area contributed by atoms with Gasteiger partial charge in [-0.25, -0.2) is 4.79 Å². The molecule has 142 valence electrons. The average molecular weight is 364 g/mol. The second-order valence-corrected chi connectivity index (χ2v) is 8.22. The van der Waals surface area contributed by atoms with Crippen molar-refractivity contribution < 1.29 is 4.79 Å². The van der Waals surface area contributed by atoms with E-state index in [4.69, 9.17) is 0 Å². The summed E-state index contributed by atoms with van der Waals surface area (Å²) in [5, 5.41) is 3.32. The molecular formula is C22H28N4O. The maximum atomic E-state index is 12.6. The third kappa shape index (κ3) is 3.32. The predicted octanol–water partition coefficient (Wildman–Crippen LogP) is 3.38. The summed E-state index contributed by atoms with van der Waals surface area (Å²) in [5.74, 6) is 0. The fourth-order valence-electron chi connectivity index (χ4n) is 4.79. The zero-order chi connectivity index (χ0) is 18.9. The van der Waals surface area contributed by atoms with E-state index >= 15 is 0 Å². The van der Waals surface area contributed by atoms with Gasteiger partial charge >= 0.3 is 6.03 Å². The Morgan fingerprint density at radius 3 is 2.44 bits per heavy atom. The summed E-state index contributed by atoms with van der Waals surface area (Å²) in [7, 11) is 4.35. The van der Waals surface area contributed by atoms with Crippen LogP contribution in [0.15, 0.2) is 54.9 Å². The summed E-state index contributed by atoms with van der Waals surface area (Å²) in [6, 6.07) is 14.8. The first-order valence-corrected chi connectivity index (χ1v) is 9.72. The monoisotopic (exact) mass is 364 g/mol. The Morgan fingerprint density at radius 2 is 1.81 bits per heavy atom. The van der Waals surface area contributed by atoms with Gasteiger partial charge in [0, 0.05) is 31.0 Å². The molecule has 1 N–H and O–H groups in total. The number of benzene rings is 1. The third-order valence-corrected chi connectivity index (χ3v) is 6.45. The molecule has 0 radical (unpaired) electrons. The summed E-state index contributed by atoms with van der Waals surface area (Å²) in [5.41, 5.74) is 2.40. The lowest BCUT2D eigenvalue weighted by atomic mass is 9.69. The van der Waals surface area contributed by atoms with Crippen molar-refractivity contribution in [3.63, 3.8) is 0 Å². The predicted molar refractivity (Wildman–Crippen MR) is 106 cm³/mol. The zero-order valence-electron chi connectivity index (χ0n) is 16.2. The number of rotatable bonds is 4. The average Bonchev–Trinajstić information content (AvgIpc) is 2.99. The van der Waals surface area contributed by atoms with Crippen LogP contribution in [-0.2, 0) is 12.1 Å². The van der Waals surface area contributed by atoms with Gasteiger partial charge in [0.15, 0.2) is 0 Å². The topological polar surface area (TPSA) is 48.5 Å². The summed E-state index contributed by atoms with van der Waals surface area (Å²) >= 11 is 0. The Balaban J connectivity index is 1.49. The number of carbonyl (C=O) groups excluding carboxylic acids is 1. The molecule has 1 aliphatic heterocycles. The van der Waals surface area contributed by atoms with E-state index in [1.54, 1.807) is 6.20 Å². The molecule has 5 nitrogen and oxygen atoms in total. The molecule has 5 heteroatoms. The van der Waals surface area contributed by atoms with Gasteiger partial charge in [0.2, 0.25) is 0 Å². The van der Waals surface area contributed by atoms with Crippen molar-refractivity contribution in [3.8, 4) is 0 Å². The molecule has 0 unspecified atom stereocenters. The molecule has 0 bridgehead atoms. The Labute approximate surface area is 161 Å². The minimum atomic E-state index is -0.104. The van der Waals surface area contributed by atoms with Crippen LogP contribution in [0.2, 0.25) is 0 Å². The largest absolute Gasteiger partial charge is 0.331 e. The van der Waals surface area contributed by atoms with Crippen LogP contribution in [0.4, 0.5) is 4.79 Å². The van der Waals surface area contributed by atoms with Crippen LogP contribution in [0.3, 0.4) is 0 Å². The molecule has 1 aromatic carbocycles. The second-order valence-electron chi connectivity index (χ2n) is 8.22. The molecule has 2 aliphatic rings. The van der Waals surface area contributed by atoms with Gasteiger partial charge in [-0.15, -0.1) is 0 Å². The molecule has 2 fully saturated rings. The lowest BCUT2D eigenvalue weighted by Crippen LogP contribution is -2.54. The first-order valence-electron chi connectivity index (χ1n) is 9.72. The van der Waals surface area contributed by atoms with Crippen LogP contribution in [0.5, 0.6) is 0 Å². The number of pyridine rings is 1. The fraction of sp³-hybridized carbons (Fsp3) is 0.455. The first-order chi connectivity index (χ1) is 13.0. The van der Waals surface area contributed by atoms with Crippen LogP contribution in [0, 0.1) is 0 Å². The van der Waals surface area contributed by atoms with Crippen LogP contribution >= 0.6 is 0 Å². The quantitative estimate of drug-likeness (QED) is 0.905. The van der Waals surface area contributed by atoms with E-state index in [-0.39, 0.29) is 17.1 Å². The molecule has 2 amide bonds. The number of hydrogen-bond acceptors (Lipinski definition) is 3. The molecule has 1 aliphatic carbocycles. The van der Waals surface area contributed by atoms with Gasteiger partial charge in [0.25, 0.3) is 0 Å². The normalized spacial score (nSPS) is 28.0. The number of nitrogens with zero attached hydrogens (tertiary/aromatic N) is 3. The molecule has 2 aromatic rings. The Bertz CT molecular complexity index is 782. The summed E-state index contributed by atoms with van der Waals surface area (Å²) in [6.07, 6.45) is 7.69. The van der Waals surface area contributed by atoms with Crippen LogP contribution in [-0.4, -0.2) is 47.0 Å². The smallest absolute Gasteiger partial charge is 0.318 e. The van der Waals surface area contributed by atoms with E-state index in [0.717, 1.165) is 37.8 Å². The van der Waals surface area contributed by atoms with Crippen LogP contribution in [0.25, 0.3) is 0 Å². The summed E-state index contributed by atoms with van der Waals surface area (Å²) < 4.78 is 0. The third-order valence-electron chi connectivity index (χ3n) is 6.45. The van der Waals surface area contributed by atoms with E-state index < -0.39 is 0 Å². The summed E-state index contributed by atoms with van der Waals surface area (Å²) in [6.45, 7) is 1.40. The maximum Gasteiger partial charge on any atom is 0.318 e. The molecule has 1 saturated carbocycles. The number of aromatic nitrogens is 1. The Kier molecular flexibility index (Phi) is 4.64. The van der Waals surface area contributed by atoms with Crippen molar-refractivity contribution in [2.75, 3.05) is 20.6 Å². The molecule has 2 heterocycles. The van der Waals surface area contributed by atoms with Crippen LogP contribution in [0.1, 0.15) is 36.8 Å². The van der Waals surface area contributed by atoms with Gasteiger partial charge in [-0.1, -0.05) is 36.4 Å². The number of nitrogens with one attached hydrogen (secondary N) is 1. The summed E-state index contributed by atoms with van der Waals surface area (Å²) in [4.78, 5) is 21.1. The number of hydrogen-bond donors (Lipinski definition) is 1. The van der Waals surface area contributed by atoms with Crippen molar-refractivity contribution in [3.05, 3.63) is 66.0 Å². The van der Waals surface area contributed by atoms with Crippen molar-refractivity contribution in [2.24, 2.45) is 0 Å². The lowest BCUT2D eigenvalue weighted by Gasteiger charge is -2.48. The molecular weight excluding hydrogens is 336 g/mol. The van der Waals surface area contributed by atoms with E-state index in [2.05, 4.69) is 59.6 Å². The van der Waals surface area contributed by atoms with E-state index in [9.17, 15) is 4.79 Å². The minimum Gasteiger partial charge on any atom is -0.331 e. The van der Waals surface area contributed by atoms with Crippen molar-refractivity contribution in [1.82, 2.24) is 20.1 Å². The highest BCUT2D eigenvalue weighted by atomic mass is 16.2. The molecule has 4 rings (SSSR count). The van der Waals surface area contributed by atoms with Crippen molar-refractivity contribution in [1.29, 1.82) is 0 Å². The molecule has 1 saturated heterocycles. The molecule has 1 aromatic heterocycles. The zero-order valence-corrected chi connectivity index (χ0v) is 16.2. The fourth-order valence-corrected chi connectivity index (χ4v) is 4.79. The highest BCUT2D eigenvalue weighted by Crippen LogP contribution is 2.46. The van der Waals surface area contributed by atoms with Gasteiger partial charge in [-0.3, -0.25) is 9.88 Å². The maximum absolute atomic E-state index is 12.6. The van der Waals surface area contributed by atoms with E-state index in [1.165, 1.54) is 5.56 Å².